The van der Waals surface area contributed by atoms with E-state index < -0.39 is 6.10 Å². The lowest BCUT2D eigenvalue weighted by Crippen LogP contribution is -2.45. The van der Waals surface area contributed by atoms with E-state index in [4.69, 9.17) is 5.10 Å². The van der Waals surface area contributed by atoms with Crippen LogP contribution in [0.25, 0.3) is 10.9 Å². The predicted octanol–water partition coefficient (Wildman–Crippen LogP) is 2.14. The fourth-order valence-corrected chi connectivity index (χ4v) is 4.79. The van der Waals surface area contributed by atoms with Crippen molar-refractivity contribution in [1.82, 2.24) is 24.7 Å². The van der Waals surface area contributed by atoms with E-state index in [1.807, 2.05) is 12.1 Å². The zero-order valence-corrected chi connectivity index (χ0v) is 17.4. The van der Waals surface area contributed by atoms with E-state index in [9.17, 15) is 9.90 Å². The number of nitrogens with one attached hydrogen (secondary N) is 1. The Labute approximate surface area is 180 Å². The van der Waals surface area contributed by atoms with Gasteiger partial charge in [0.2, 0.25) is 0 Å². The van der Waals surface area contributed by atoms with E-state index in [1.54, 1.807) is 24.8 Å². The second-order valence-corrected chi connectivity index (χ2v) is 8.38. The number of aromatic nitrogens is 5. The smallest absolute Gasteiger partial charge is 0.267 e. The summed E-state index contributed by atoms with van der Waals surface area (Å²) < 4.78 is 1.50. The second-order valence-electron chi connectivity index (χ2n) is 8.38. The summed E-state index contributed by atoms with van der Waals surface area (Å²) in [7, 11) is 0. The first kappa shape index (κ1) is 19.9. The van der Waals surface area contributed by atoms with Crippen LogP contribution in [0.15, 0.2) is 41.7 Å². The molecule has 2 aliphatic rings. The number of fused-ring (bicyclic) bond motifs is 1. The standard InChI is InChI=1S/C22H27N7O2/c30-19-6-3-5-18(19)29-21(31)8-7-20(27-29)28-11-2-1-4-15(28)12-24-22-16-9-10-23-13-17(16)25-14-26-22/h7-10,13-15,18-19,30H,1-6,11-12H2,(H,24,25,26). The van der Waals surface area contributed by atoms with Crippen LogP contribution in [0.4, 0.5) is 11.6 Å². The topological polar surface area (TPSA) is 109 Å². The van der Waals surface area contributed by atoms with Crippen molar-refractivity contribution >= 4 is 22.5 Å². The maximum Gasteiger partial charge on any atom is 0.267 e. The fraction of sp³-hybridized carbons (Fsp3) is 0.500. The molecule has 162 valence electrons. The highest BCUT2D eigenvalue weighted by atomic mass is 16.3. The number of rotatable bonds is 5. The highest BCUT2D eigenvalue weighted by Crippen LogP contribution is 2.30. The number of aliphatic hydroxyl groups excluding tert-OH is 1. The van der Waals surface area contributed by atoms with Gasteiger partial charge in [0.25, 0.3) is 5.56 Å². The highest BCUT2D eigenvalue weighted by Gasteiger charge is 2.30. The van der Waals surface area contributed by atoms with Gasteiger partial charge in [0.1, 0.15) is 18.0 Å². The Morgan fingerprint density at radius 2 is 2.03 bits per heavy atom. The lowest BCUT2D eigenvalue weighted by Gasteiger charge is -2.37. The van der Waals surface area contributed by atoms with Crippen molar-refractivity contribution in [3.8, 4) is 0 Å². The Kier molecular flexibility index (Phi) is 5.50. The van der Waals surface area contributed by atoms with Crippen LogP contribution in [0, 0.1) is 0 Å². The average Bonchev–Trinajstić information content (AvgIpc) is 3.24. The summed E-state index contributed by atoms with van der Waals surface area (Å²) in [5, 5.41) is 19.4. The number of hydrogen-bond acceptors (Lipinski definition) is 8. The molecule has 2 fully saturated rings. The molecule has 0 bridgehead atoms. The van der Waals surface area contributed by atoms with Crippen molar-refractivity contribution in [3.05, 3.63) is 47.3 Å². The minimum Gasteiger partial charge on any atom is -0.391 e. The molecule has 0 spiro atoms. The molecule has 3 aromatic heterocycles. The van der Waals surface area contributed by atoms with Gasteiger partial charge in [0.15, 0.2) is 0 Å². The zero-order chi connectivity index (χ0) is 21.2. The van der Waals surface area contributed by atoms with Crippen LogP contribution in [0.2, 0.25) is 0 Å². The first-order chi connectivity index (χ1) is 15.2. The molecule has 0 amide bonds. The first-order valence-corrected chi connectivity index (χ1v) is 11.0. The van der Waals surface area contributed by atoms with Crippen molar-refractivity contribution in [3.63, 3.8) is 0 Å². The molecule has 3 atom stereocenters. The summed E-state index contributed by atoms with van der Waals surface area (Å²) in [6.07, 6.45) is 10.2. The molecule has 1 aliphatic carbocycles. The van der Waals surface area contributed by atoms with Gasteiger partial charge in [0.05, 0.1) is 23.9 Å². The van der Waals surface area contributed by atoms with E-state index in [1.165, 1.54) is 4.68 Å². The minimum absolute atomic E-state index is 0.151. The van der Waals surface area contributed by atoms with Crippen molar-refractivity contribution in [2.75, 3.05) is 23.3 Å². The Hall–Kier alpha value is -3.07. The molecule has 9 heteroatoms. The summed E-state index contributed by atoms with van der Waals surface area (Å²) in [6, 6.07) is 5.31. The number of hydrogen-bond donors (Lipinski definition) is 2. The third-order valence-corrected chi connectivity index (χ3v) is 6.43. The first-order valence-electron chi connectivity index (χ1n) is 11.0. The van der Waals surface area contributed by atoms with Gasteiger partial charge in [-0.05, 0) is 50.7 Å². The van der Waals surface area contributed by atoms with Gasteiger partial charge in [-0.2, -0.15) is 5.10 Å². The van der Waals surface area contributed by atoms with Gasteiger partial charge in [-0.3, -0.25) is 9.78 Å². The third kappa shape index (κ3) is 3.97. The third-order valence-electron chi connectivity index (χ3n) is 6.43. The summed E-state index contributed by atoms with van der Waals surface area (Å²) in [5.41, 5.74) is 0.659. The Morgan fingerprint density at radius 1 is 1.10 bits per heavy atom. The molecule has 3 aromatic rings. The second kappa shape index (κ2) is 8.58. The van der Waals surface area contributed by atoms with Crippen LogP contribution in [-0.2, 0) is 0 Å². The van der Waals surface area contributed by atoms with E-state index in [-0.39, 0.29) is 17.6 Å². The van der Waals surface area contributed by atoms with Gasteiger partial charge in [0, 0.05) is 36.8 Å². The number of piperidine rings is 1. The van der Waals surface area contributed by atoms with Gasteiger partial charge < -0.3 is 15.3 Å². The van der Waals surface area contributed by atoms with E-state index in [0.717, 1.165) is 67.6 Å². The van der Waals surface area contributed by atoms with Gasteiger partial charge in [-0.1, -0.05) is 0 Å². The highest BCUT2D eigenvalue weighted by molar-refractivity contribution is 5.87. The molecule has 0 radical (unpaired) electrons. The van der Waals surface area contributed by atoms with E-state index >= 15 is 0 Å². The van der Waals surface area contributed by atoms with Crippen molar-refractivity contribution in [2.24, 2.45) is 0 Å². The van der Waals surface area contributed by atoms with Crippen LogP contribution in [-0.4, -0.2) is 55.1 Å². The van der Waals surface area contributed by atoms with Gasteiger partial charge in [-0.15, -0.1) is 0 Å². The molecular weight excluding hydrogens is 394 g/mol. The molecule has 0 aromatic carbocycles. The maximum atomic E-state index is 12.4. The van der Waals surface area contributed by atoms with Crippen molar-refractivity contribution in [1.29, 1.82) is 0 Å². The van der Waals surface area contributed by atoms with E-state index in [0.29, 0.717) is 6.54 Å². The number of aliphatic hydroxyl groups is 1. The van der Waals surface area contributed by atoms with Crippen molar-refractivity contribution < 1.29 is 5.11 Å². The molecular formula is C22H27N7O2. The van der Waals surface area contributed by atoms with E-state index in [2.05, 4.69) is 25.2 Å². The zero-order valence-electron chi connectivity index (χ0n) is 17.4. The Bertz CT molecular complexity index is 1110. The van der Waals surface area contributed by atoms with Gasteiger partial charge in [-0.25, -0.2) is 14.6 Å². The lowest BCUT2D eigenvalue weighted by atomic mass is 10.0. The van der Waals surface area contributed by atoms with Crippen LogP contribution in [0.3, 0.4) is 0 Å². The summed E-state index contributed by atoms with van der Waals surface area (Å²) in [4.78, 5) is 27.5. The molecule has 4 heterocycles. The molecule has 31 heavy (non-hydrogen) atoms. The fourth-order valence-electron chi connectivity index (χ4n) is 4.79. The average molecular weight is 422 g/mol. The molecule has 1 saturated carbocycles. The van der Waals surface area contributed by atoms with Crippen molar-refractivity contribution in [2.45, 2.75) is 56.7 Å². The minimum atomic E-state index is -0.500. The Balaban J connectivity index is 1.38. The number of pyridine rings is 1. The molecule has 5 rings (SSSR count). The molecule has 3 unspecified atom stereocenters. The summed E-state index contributed by atoms with van der Waals surface area (Å²) >= 11 is 0. The van der Waals surface area contributed by atoms with Crippen LogP contribution in [0.1, 0.15) is 44.6 Å². The van der Waals surface area contributed by atoms with Gasteiger partial charge >= 0.3 is 0 Å². The molecule has 9 nitrogen and oxygen atoms in total. The number of anilines is 2. The lowest BCUT2D eigenvalue weighted by molar-refractivity contribution is 0.127. The summed E-state index contributed by atoms with van der Waals surface area (Å²) in [5.74, 6) is 1.59. The summed E-state index contributed by atoms with van der Waals surface area (Å²) in [6.45, 7) is 1.60. The normalized spacial score (nSPS) is 23.9. The Morgan fingerprint density at radius 3 is 2.90 bits per heavy atom. The molecule has 1 saturated heterocycles. The quantitative estimate of drug-likeness (QED) is 0.645. The maximum absolute atomic E-state index is 12.4. The molecule has 2 N–H and O–H groups in total. The molecule has 1 aliphatic heterocycles. The SMILES string of the molecule is O=c1ccc(N2CCCCC2CNc2ncnc3cnccc23)nn1C1CCCC1O. The van der Waals surface area contributed by atoms with Crippen LogP contribution >= 0.6 is 0 Å². The predicted molar refractivity (Wildman–Crippen MR) is 118 cm³/mol. The number of nitrogens with zero attached hydrogens (tertiary/aromatic N) is 6. The van der Waals surface area contributed by atoms with Crippen LogP contribution in [0.5, 0.6) is 0 Å². The monoisotopic (exact) mass is 421 g/mol. The largest absolute Gasteiger partial charge is 0.391 e. The van der Waals surface area contributed by atoms with Crippen LogP contribution < -0.4 is 15.8 Å².